The molecule has 1 fully saturated rings. The summed E-state index contributed by atoms with van der Waals surface area (Å²) in [6.07, 6.45) is 3.01. The maximum Gasteiger partial charge on any atom is 0.317 e. The number of likely N-dealkylation sites (tertiary alicyclic amines) is 1. The van der Waals surface area contributed by atoms with Crippen LogP contribution in [-0.4, -0.2) is 44.9 Å². The Labute approximate surface area is 143 Å². The first-order valence-corrected chi connectivity index (χ1v) is 8.44. The number of amides is 2. The molecule has 7 heteroatoms. The number of carbonyl (C=O) groups excluding carboxylic acids is 1. The fraction of sp³-hybridized carbons (Fsp3) is 0.706. The van der Waals surface area contributed by atoms with E-state index in [4.69, 9.17) is 5.11 Å². The van der Waals surface area contributed by atoms with Crippen LogP contribution in [0.2, 0.25) is 0 Å². The Morgan fingerprint density at radius 3 is 2.38 bits per heavy atom. The third kappa shape index (κ3) is 4.07. The SMILES string of the molecule is Cc1nn(C(C)(C)C)cc1C(C)NC(=O)N1CCC(C(=O)O)CC1. The van der Waals surface area contributed by atoms with Crippen LogP contribution in [0.3, 0.4) is 0 Å². The summed E-state index contributed by atoms with van der Waals surface area (Å²) in [5.41, 5.74) is 1.80. The second kappa shape index (κ2) is 6.83. The zero-order valence-corrected chi connectivity index (χ0v) is 15.2. The molecule has 2 heterocycles. The third-order valence-electron chi connectivity index (χ3n) is 4.56. The van der Waals surface area contributed by atoms with Crippen molar-refractivity contribution in [2.24, 2.45) is 5.92 Å². The number of aliphatic carboxylic acids is 1. The van der Waals surface area contributed by atoms with Crippen molar-refractivity contribution in [2.75, 3.05) is 13.1 Å². The number of rotatable bonds is 3. The summed E-state index contributed by atoms with van der Waals surface area (Å²) in [6.45, 7) is 11.1. The molecular formula is C17H28N4O3. The van der Waals surface area contributed by atoms with E-state index < -0.39 is 5.97 Å². The van der Waals surface area contributed by atoms with Crippen molar-refractivity contribution >= 4 is 12.0 Å². The molecule has 2 rings (SSSR count). The summed E-state index contributed by atoms with van der Waals surface area (Å²) in [5.74, 6) is -1.10. The van der Waals surface area contributed by atoms with Crippen LogP contribution < -0.4 is 5.32 Å². The van der Waals surface area contributed by atoms with Crippen LogP contribution in [0.25, 0.3) is 0 Å². The molecule has 7 nitrogen and oxygen atoms in total. The molecule has 0 aromatic carbocycles. The molecule has 0 saturated carbocycles. The Morgan fingerprint density at radius 2 is 1.92 bits per heavy atom. The lowest BCUT2D eigenvalue weighted by molar-refractivity contribution is -0.143. The maximum absolute atomic E-state index is 12.4. The zero-order chi connectivity index (χ0) is 18.1. The Hall–Kier alpha value is -2.05. The fourth-order valence-corrected chi connectivity index (χ4v) is 2.93. The summed E-state index contributed by atoms with van der Waals surface area (Å²) < 4.78 is 1.92. The fourth-order valence-electron chi connectivity index (χ4n) is 2.93. The molecule has 0 spiro atoms. The Balaban J connectivity index is 1.97. The molecule has 0 radical (unpaired) electrons. The van der Waals surface area contributed by atoms with E-state index in [9.17, 15) is 9.59 Å². The van der Waals surface area contributed by atoms with Crippen molar-refractivity contribution in [3.05, 3.63) is 17.5 Å². The molecule has 24 heavy (non-hydrogen) atoms. The lowest BCUT2D eigenvalue weighted by Crippen LogP contribution is -2.46. The summed E-state index contributed by atoms with van der Waals surface area (Å²) in [4.78, 5) is 25.1. The first kappa shape index (κ1) is 18.3. The molecule has 134 valence electrons. The molecule has 1 aromatic heterocycles. The minimum absolute atomic E-state index is 0.106. The Morgan fingerprint density at radius 1 is 1.33 bits per heavy atom. The van der Waals surface area contributed by atoms with Crippen molar-refractivity contribution in [3.8, 4) is 0 Å². The monoisotopic (exact) mass is 336 g/mol. The highest BCUT2D eigenvalue weighted by Crippen LogP contribution is 2.22. The summed E-state index contributed by atoms with van der Waals surface area (Å²) in [7, 11) is 0. The van der Waals surface area contributed by atoms with Gasteiger partial charge in [0.15, 0.2) is 0 Å². The molecule has 1 aliphatic rings. The molecule has 1 unspecified atom stereocenters. The van der Waals surface area contributed by atoms with Crippen LogP contribution in [0.1, 0.15) is 57.8 Å². The van der Waals surface area contributed by atoms with Crippen LogP contribution in [0, 0.1) is 12.8 Å². The van der Waals surface area contributed by atoms with Crippen LogP contribution in [0.4, 0.5) is 4.79 Å². The highest BCUT2D eigenvalue weighted by Gasteiger charge is 2.28. The number of hydrogen-bond acceptors (Lipinski definition) is 3. The quantitative estimate of drug-likeness (QED) is 0.888. The number of urea groups is 1. The molecule has 1 saturated heterocycles. The van der Waals surface area contributed by atoms with Crippen molar-refractivity contribution in [2.45, 2.75) is 59.0 Å². The van der Waals surface area contributed by atoms with Gasteiger partial charge in [0, 0.05) is 24.8 Å². The van der Waals surface area contributed by atoms with Crippen molar-refractivity contribution in [1.82, 2.24) is 20.0 Å². The highest BCUT2D eigenvalue weighted by molar-refractivity contribution is 5.75. The Kier molecular flexibility index (Phi) is 5.20. The Bertz CT molecular complexity index is 610. The zero-order valence-electron chi connectivity index (χ0n) is 15.2. The van der Waals surface area contributed by atoms with E-state index in [1.54, 1.807) is 4.90 Å². The second-order valence-corrected chi connectivity index (χ2v) is 7.56. The summed E-state index contributed by atoms with van der Waals surface area (Å²) >= 11 is 0. The van der Waals surface area contributed by atoms with Gasteiger partial charge in [0.2, 0.25) is 0 Å². The number of nitrogens with zero attached hydrogens (tertiary/aromatic N) is 3. The molecule has 0 bridgehead atoms. The first-order valence-electron chi connectivity index (χ1n) is 8.44. The standard InChI is InChI=1S/C17H28N4O3/c1-11(14-10-21(17(3,4)5)19-12(14)2)18-16(24)20-8-6-13(7-9-20)15(22)23/h10-11,13H,6-9H2,1-5H3,(H,18,24)(H,22,23). The van der Waals surface area contributed by atoms with Gasteiger partial charge in [-0.15, -0.1) is 0 Å². The molecule has 2 amide bonds. The van der Waals surface area contributed by atoms with Gasteiger partial charge >= 0.3 is 12.0 Å². The van der Waals surface area contributed by atoms with Gasteiger partial charge in [-0.3, -0.25) is 9.48 Å². The van der Waals surface area contributed by atoms with E-state index in [2.05, 4.69) is 31.2 Å². The minimum Gasteiger partial charge on any atom is -0.481 e. The van der Waals surface area contributed by atoms with E-state index in [1.165, 1.54) is 0 Å². The van der Waals surface area contributed by atoms with Gasteiger partial charge in [-0.05, 0) is 47.5 Å². The largest absolute Gasteiger partial charge is 0.481 e. The second-order valence-electron chi connectivity index (χ2n) is 7.56. The van der Waals surface area contributed by atoms with Gasteiger partial charge in [0.25, 0.3) is 0 Å². The lowest BCUT2D eigenvalue weighted by atomic mass is 9.97. The van der Waals surface area contributed by atoms with E-state index in [0.29, 0.717) is 25.9 Å². The van der Waals surface area contributed by atoms with Gasteiger partial charge in [-0.2, -0.15) is 5.10 Å². The highest BCUT2D eigenvalue weighted by atomic mass is 16.4. The predicted octanol–water partition coefficient (Wildman–Crippen LogP) is 2.51. The topological polar surface area (TPSA) is 87.5 Å². The van der Waals surface area contributed by atoms with E-state index >= 15 is 0 Å². The number of carboxylic acids is 1. The number of carbonyl (C=O) groups is 2. The normalized spacial score (nSPS) is 17.6. The van der Waals surface area contributed by atoms with Crippen LogP contribution in [-0.2, 0) is 10.3 Å². The number of hydrogen-bond donors (Lipinski definition) is 2. The summed E-state index contributed by atoms with van der Waals surface area (Å²) in [6, 6.07) is -0.292. The first-order chi connectivity index (χ1) is 11.1. The molecule has 2 N–H and O–H groups in total. The van der Waals surface area contributed by atoms with E-state index in [-0.39, 0.29) is 23.5 Å². The van der Waals surface area contributed by atoms with E-state index in [0.717, 1.165) is 11.3 Å². The number of carboxylic acid groups (broad SMARTS) is 1. The third-order valence-corrected chi connectivity index (χ3v) is 4.56. The van der Waals surface area contributed by atoms with Crippen LogP contribution in [0.5, 0.6) is 0 Å². The van der Waals surface area contributed by atoms with Gasteiger partial charge in [0.1, 0.15) is 0 Å². The lowest BCUT2D eigenvalue weighted by Gasteiger charge is -2.31. The van der Waals surface area contributed by atoms with Crippen molar-refractivity contribution in [1.29, 1.82) is 0 Å². The average molecular weight is 336 g/mol. The number of piperidine rings is 1. The smallest absolute Gasteiger partial charge is 0.317 e. The molecule has 1 aromatic rings. The minimum atomic E-state index is -0.770. The van der Waals surface area contributed by atoms with Gasteiger partial charge in [-0.25, -0.2) is 4.79 Å². The van der Waals surface area contributed by atoms with Gasteiger partial charge < -0.3 is 15.3 Å². The van der Waals surface area contributed by atoms with Gasteiger partial charge in [0.05, 0.1) is 23.2 Å². The summed E-state index contributed by atoms with van der Waals surface area (Å²) in [5, 5.41) is 16.6. The number of aryl methyl sites for hydroxylation is 1. The molecule has 1 atom stereocenters. The number of aromatic nitrogens is 2. The maximum atomic E-state index is 12.4. The van der Waals surface area contributed by atoms with Crippen molar-refractivity contribution < 1.29 is 14.7 Å². The predicted molar refractivity (Wildman–Crippen MR) is 90.8 cm³/mol. The van der Waals surface area contributed by atoms with Crippen LogP contribution in [0.15, 0.2) is 6.20 Å². The van der Waals surface area contributed by atoms with E-state index in [1.807, 2.05) is 24.7 Å². The van der Waals surface area contributed by atoms with Crippen molar-refractivity contribution in [3.63, 3.8) is 0 Å². The number of nitrogens with one attached hydrogen (secondary N) is 1. The average Bonchev–Trinajstić information content (AvgIpc) is 2.89. The van der Waals surface area contributed by atoms with Gasteiger partial charge in [-0.1, -0.05) is 0 Å². The molecular weight excluding hydrogens is 308 g/mol. The molecule has 0 aliphatic carbocycles. The van der Waals surface area contributed by atoms with Crippen LogP contribution >= 0.6 is 0 Å². The molecule has 1 aliphatic heterocycles.